The molecule has 2 N–H and O–H groups in total. The van der Waals surface area contributed by atoms with E-state index in [-0.39, 0.29) is 12.5 Å². The highest BCUT2D eigenvalue weighted by atomic mass is 16.2. The van der Waals surface area contributed by atoms with E-state index in [9.17, 15) is 4.79 Å². The van der Waals surface area contributed by atoms with Crippen molar-refractivity contribution in [3.05, 3.63) is 0 Å². The second kappa shape index (κ2) is 8.39. The molecule has 2 fully saturated rings. The minimum absolute atomic E-state index is 0.153. The number of aliphatic imine (C=N–C) groups is 1. The summed E-state index contributed by atoms with van der Waals surface area (Å²) in [5.41, 5.74) is 0.426. The number of nitrogens with zero attached hydrogens (tertiary/aromatic N) is 2. The number of likely N-dealkylation sites (tertiary alicyclic amines) is 1. The molecule has 0 unspecified atom stereocenters. The van der Waals surface area contributed by atoms with E-state index >= 15 is 0 Å². The molecular weight excluding hydrogens is 276 g/mol. The summed E-state index contributed by atoms with van der Waals surface area (Å²) in [5, 5.41) is 6.73. The summed E-state index contributed by atoms with van der Waals surface area (Å²) in [5.74, 6) is 0.940. The van der Waals surface area contributed by atoms with Crippen molar-refractivity contribution in [2.45, 2.75) is 58.8 Å². The van der Waals surface area contributed by atoms with Crippen molar-refractivity contribution >= 4 is 11.9 Å². The van der Waals surface area contributed by atoms with Crippen LogP contribution >= 0.6 is 0 Å². The molecule has 5 heteroatoms. The van der Waals surface area contributed by atoms with Crippen molar-refractivity contribution in [2.24, 2.45) is 10.4 Å². The highest BCUT2D eigenvalue weighted by Crippen LogP contribution is 2.40. The molecule has 0 bridgehead atoms. The van der Waals surface area contributed by atoms with Crippen LogP contribution in [0.4, 0.5) is 0 Å². The number of carbonyl (C=O) groups is 1. The van der Waals surface area contributed by atoms with E-state index in [2.05, 4.69) is 29.5 Å². The van der Waals surface area contributed by atoms with Gasteiger partial charge in [-0.3, -0.25) is 4.79 Å². The lowest BCUT2D eigenvalue weighted by Crippen LogP contribution is -2.43. The van der Waals surface area contributed by atoms with Crippen molar-refractivity contribution < 1.29 is 4.79 Å². The number of carbonyl (C=O) groups excluding carboxylic acids is 1. The van der Waals surface area contributed by atoms with Crippen LogP contribution in [0.5, 0.6) is 0 Å². The monoisotopic (exact) mass is 308 g/mol. The quantitative estimate of drug-likeness (QED) is 0.584. The first-order chi connectivity index (χ1) is 10.7. The molecule has 5 nitrogen and oxygen atoms in total. The molecule has 1 saturated heterocycles. The zero-order chi connectivity index (χ0) is 15.8. The van der Waals surface area contributed by atoms with Crippen molar-refractivity contribution in [3.63, 3.8) is 0 Å². The Hall–Kier alpha value is -1.26. The molecule has 1 amide bonds. The Kier molecular flexibility index (Phi) is 6.52. The number of amides is 1. The van der Waals surface area contributed by atoms with E-state index in [0.717, 1.165) is 45.0 Å². The smallest absolute Gasteiger partial charge is 0.244 e. The Morgan fingerprint density at radius 2 is 1.77 bits per heavy atom. The fourth-order valence-corrected chi connectivity index (χ4v) is 3.61. The first kappa shape index (κ1) is 17.1. The van der Waals surface area contributed by atoms with Crippen molar-refractivity contribution in [2.75, 3.05) is 32.7 Å². The lowest BCUT2D eigenvalue weighted by Gasteiger charge is -2.28. The summed E-state index contributed by atoms with van der Waals surface area (Å²) in [7, 11) is 0. The molecule has 0 aromatic carbocycles. The zero-order valence-electron chi connectivity index (χ0n) is 14.3. The van der Waals surface area contributed by atoms with Crippen LogP contribution in [-0.2, 0) is 4.79 Å². The van der Waals surface area contributed by atoms with Crippen molar-refractivity contribution in [1.82, 2.24) is 15.5 Å². The molecule has 1 heterocycles. The van der Waals surface area contributed by atoms with Crippen LogP contribution in [0, 0.1) is 5.41 Å². The minimum Gasteiger partial charge on any atom is -0.357 e. The number of hydrogen-bond acceptors (Lipinski definition) is 2. The lowest BCUT2D eigenvalue weighted by molar-refractivity contribution is -0.128. The third-order valence-electron chi connectivity index (χ3n) is 5.22. The molecule has 22 heavy (non-hydrogen) atoms. The van der Waals surface area contributed by atoms with Gasteiger partial charge in [-0.2, -0.15) is 0 Å². The maximum Gasteiger partial charge on any atom is 0.244 e. The van der Waals surface area contributed by atoms with Gasteiger partial charge in [0, 0.05) is 26.2 Å². The second-order valence-electron chi connectivity index (χ2n) is 6.70. The Balaban J connectivity index is 1.85. The van der Waals surface area contributed by atoms with Crippen LogP contribution in [0.15, 0.2) is 4.99 Å². The average molecular weight is 308 g/mol. The predicted molar refractivity (Wildman–Crippen MR) is 91.0 cm³/mol. The van der Waals surface area contributed by atoms with E-state index in [1.54, 1.807) is 0 Å². The average Bonchev–Trinajstić information content (AvgIpc) is 3.21. The van der Waals surface area contributed by atoms with E-state index in [4.69, 9.17) is 0 Å². The second-order valence-corrected chi connectivity index (χ2v) is 6.70. The van der Waals surface area contributed by atoms with E-state index in [0.29, 0.717) is 5.41 Å². The first-order valence-electron chi connectivity index (χ1n) is 8.99. The minimum atomic E-state index is 0.153. The molecule has 0 atom stereocenters. The van der Waals surface area contributed by atoms with Gasteiger partial charge in [-0.15, -0.1) is 0 Å². The third-order valence-corrected chi connectivity index (χ3v) is 5.22. The molecule has 2 rings (SSSR count). The van der Waals surface area contributed by atoms with Crippen molar-refractivity contribution in [3.8, 4) is 0 Å². The molecule has 126 valence electrons. The molecule has 1 aliphatic heterocycles. The van der Waals surface area contributed by atoms with Gasteiger partial charge in [-0.25, -0.2) is 4.99 Å². The summed E-state index contributed by atoms with van der Waals surface area (Å²) in [6.07, 6.45) is 8.78. The van der Waals surface area contributed by atoms with Gasteiger partial charge in [0.25, 0.3) is 0 Å². The van der Waals surface area contributed by atoms with Gasteiger partial charge in [0.1, 0.15) is 6.54 Å². The summed E-state index contributed by atoms with van der Waals surface area (Å²) < 4.78 is 0. The Bertz CT molecular complexity index is 382. The molecular formula is C17H32N4O. The van der Waals surface area contributed by atoms with Gasteiger partial charge in [0.2, 0.25) is 5.91 Å². The lowest BCUT2D eigenvalue weighted by atomic mass is 9.83. The van der Waals surface area contributed by atoms with Crippen molar-refractivity contribution in [1.29, 1.82) is 0 Å². The Labute approximate surface area is 134 Å². The largest absolute Gasteiger partial charge is 0.357 e. The molecule has 0 aromatic rings. The highest BCUT2D eigenvalue weighted by molar-refractivity contribution is 5.85. The molecule has 0 spiro atoms. The van der Waals surface area contributed by atoms with Crippen LogP contribution in [0.1, 0.15) is 58.8 Å². The predicted octanol–water partition coefficient (Wildman–Crippen LogP) is 2.13. The number of rotatable bonds is 6. The maximum atomic E-state index is 12.1. The van der Waals surface area contributed by atoms with Crippen LogP contribution in [0.2, 0.25) is 0 Å². The first-order valence-corrected chi connectivity index (χ1v) is 8.99. The highest BCUT2D eigenvalue weighted by Gasteiger charge is 2.31. The summed E-state index contributed by atoms with van der Waals surface area (Å²) in [6.45, 7) is 8.19. The summed E-state index contributed by atoms with van der Waals surface area (Å²) >= 11 is 0. The van der Waals surface area contributed by atoms with Gasteiger partial charge in [0.15, 0.2) is 5.96 Å². The fraction of sp³-hybridized carbons (Fsp3) is 0.882. The Morgan fingerprint density at radius 3 is 2.36 bits per heavy atom. The van der Waals surface area contributed by atoms with Crippen LogP contribution in [0.25, 0.3) is 0 Å². The molecule has 2 aliphatic rings. The molecule has 1 saturated carbocycles. The molecule has 1 aliphatic carbocycles. The topological polar surface area (TPSA) is 56.7 Å². The van der Waals surface area contributed by atoms with Gasteiger partial charge >= 0.3 is 0 Å². The third kappa shape index (κ3) is 4.62. The van der Waals surface area contributed by atoms with Crippen LogP contribution < -0.4 is 10.6 Å². The molecule has 0 radical (unpaired) electrons. The SMILES string of the molecule is CCNC(=NCC(=O)N1CCCC1)NCC1(CC)CCCC1. The van der Waals surface area contributed by atoms with Crippen LogP contribution in [-0.4, -0.2) is 49.5 Å². The normalized spacial score (nSPS) is 21.2. The van der Waals surface area contributed by atoms with Gasteiger partial charge in [0.05, 0.1) is 0 Å². The maximum absolute atomic E-state index is 12.1. The van der Waals surface area contributed by atoms with Gasteiger partial charge < -0.3 is 15.5 Å². The Morgan fingerprint density at radius 1 is 1.09 bits per heavy atom. The summed E-state index contributed by atoms with van der Waals surface area (Å²) in [4.78, 5) is 18.5. The van der Waals surface area contributed by atoms with Gasteiger partial charge in [-0.1, -0.05) is 19.8 Å². The van der Waals surface area contributed by atoms with E-state index < -0.39 is 0 Å². The zero-order valence-corrected chi connectivity index (χ0v) is 14.3. The fourth-order valence-electron chi connectivity index (χ4n) is 3.61. The van der Waals surface area contributed by atoms with Crippen LogP contribution in [0.3, 0.4) is 0 Å². The number of guanidine groups is 1. The standard InChI is InChI=1S/C17H32N4O/c1-3-17(9-5-6-10-17)14-20-16(18-4-2)19-13-15(22)21-11-7-8-12-21/h3-14H2,1-2H3,(H2,18,19,20). The van der Waals surface area contributed by atoms with Gasteiger partial charge in [-0.05, 0) is 44.4 Å². The molecule has 0 aromatic heterocycles. The number of hydrogen-bond donors (Lipinski definition) is 2. The summed E-state index contributed by atoms with van der Waals surface area (Å²) in [6, 6.07) is 0. The van der Waals surface area contributed by atoms with E-state index in [1.807, 2.05) is 4.90 Å². The number of nitrogens with one attached hydrogen (secondary N) is 2. The van der Waals surface area contributed by atoms with E-state index in [1.165, 1.54) is 32.1 Å².